The minimum atomic E-state index is -0.250. The van der Waals surface area contributed by atoms with E-state index in [-0.39, 0.29) is 30.1 Å². The van der Waals surface area contributed by atoms with Crippen LogP contribution in [0, 0.1) is 11.8 Å². The Labute approximate surface area is 216 Å². The molecule has 186 valence electrons. The fourth-order valence-corrected chi connectivity index (χ4v) is 7.01. The van der Waals surface area contributed by atoms with Crippen LogP contribution >= 0.6 is 22.9 Å². The lowest BCUT2D eigenvalue weighted by Gasteiger charge is -2.44. The van der Waals surface area contributed by atoms with Crippen LogP contribution < -0.4 is 10.2 Å². The molecule has 0 spiro atoms. The number of aryl methyl sites for hydroxylation is 1. The largest absolute Gasteiger partial charge is 0.483 e. The molecule has 10 heteroatoms. The maximum absolute atomic E-state index is 12.5. The van der Waals surface area contributed by atoms with E-state index < -0.39 is 0 Å². The number of carboxylic acid groups (broad SMARTS) is 1. The Hall–Kier alpha value is -3.01. The number of hydrogen-bond donors (Lipinski definition) is 2. The molecule has 3 aromatic rings. The van der Waals surface area contributed by atoms with Crippen LogP contribution in [0.1, 0.15) is 23.3 Å². The van der Waals surface area contributed by atoms with Crippen molar-refractivity contribution in [2.75, 3.05) is 24.5 Å². The van der Waals surface area contributed by atoms with Crippen LogP contribution in [-0.4, -0.2) is 59.0 Å². The molecule has 2 unspecified atom stereocenters. The molecular formula is C26H25ClN4O4S. The van der Waals surface area contributed by atoms with Crippen LogP contribution in [0.4, 0.5) is 5.69 Å². The first-order chi connectivity index (χ1) is 17.5. The van der Waals surface area contributed by atoms with Gasteiger partial charge in [0.25, 0.3) is 6.47 Å². The van der Waals surface area contributed by atoms with Crippen molar-refractivity contribution in [1.82, 2.24) is 15.2 Å². The number of imide groups is 1. The van der Waals surface area contributed by atoms with Gasteiger partial charge in [-0.15, -0.1) is 11.3 Å². The lowest BCUT2D eigenvalue weighted by molar-refractivity contribution is -0.142. The number of benzene rings is 1. The second-order valence-electron chi connectivity index (χ2n) is 9.67. The third-order valence-electron chi connectivity index (χ3n) is 7.51. The molecule has 1 aromatic carbocycles. The number of carbonyl (C=O) groups excluding carboxylic acids is 2. The number of aromatic nitrogens is 1. The molecule has 3 fully saturated rings. The lowest BCUT2D eigenvalue weighted by atomic mass is 9.92. The summed E-state index contributed by atoms with van der Waals surface area (Å²) in [5.41, 5.74) is 5.78. The molecule has 2 amide bonds. The number of piperidine rings is 1. The summed E-state index contributed by atoms with van der Waals surface area (Å²) < 4.78 is 1.08. The predicted molar refractivity (Wildman–Crippen MR) is 138 cm³/mol. The molecule has 0 bridgehead atoms. The van der Waals surface area contributed by atoms with E-state index in [1.54, 1.807) is 11.3 Å². The van der Waals surface area contributed by atoms with Crippen molar-refractivity contribution in [3.8, 4) is 11.1 Å². The molecule has 1 aliphatic carbocycles. The molecule has 3 aliphatic heterocycles. The highest BCUT2D eigenvalue weighted by atomic mass is 35.5. The third-order valence-corrected chi connectivity index (χ3v) is 8.87. The van der Waals surface area contributed by atoms with Crippen molar-refractivity contribution >= 4 is 57.1 Å². The van der Waals surface area contributed by atoms with Gasteiger partial charge in [0.1, 0.15) is 0 Å². The summed E-state index contributed by atoms with van der Waals surface area (Å²) in [4.78, 5) is 42.9. The molecule has 7 rings (SSSR count). The maximum Gasteiger partial charge on any atom is 0.290 e. The average molecular weight is 525 g/mol. The van der Waals surface area contributed by atoms with Crippen LogP contribution in [0.3, 0.4) is 0 Å². The summed E-state index contributed by atoms with van der Waals surface area (Å²) in [6, 6.07) is 8.81. The molecule has 8 nitrogen and oxygen atoms in total. The number of carbonyl (C=O) groups is 3. The van der Waals surface area contributed by atoms with Gasteiger partial charge in [-0.2, -0.15) is 0 Å². The van der Waals surface area contributed by atoms with Crippen LogP contribution in [0.15, 0.2) is 30.5 Å². The second-order valence-corrected chi connectivity index (χ2v) is 11.2. The van der Waals surface area contributed by atoms with Crippen LogP contribution in [0.2, 0.25) is 5.02 Å². The molecule has 1 saturated carbocycles. The van der Waals surface area contributed by atoms with Gasteiger partial charge in [-0.3, -0.25) is 24.3 Å². The lowest BCUT2D eigenvalue weighted by Crippen LogP contribution is -2.58. The number of amides is 2. The highest BCUT2D eigenvalue weighted by Crippen LogP contribution is 2.48. The first-order valence-corrected chi connectivity index (χ1v) is 13.3. The van der Waals surface area contributed by atoms with E-state index in [1.807, 2.05) is 12.3 Å². The second kappa shape index (κ2) is 9.14. The Morgan fingerprint density at radius 1 is 1.17 bits per heavy atom. The number of rotatable bonds is 4. The number of likely N-dealkylation sites (tertiary alicyclic amines) is 1. The molecule has 4 aliphatic rings. The minimum Gasteiger partial charge on any atom is -0.483 e. The molecule has 36 heavy (non-hydrogen) atoms. The summed E-state index contributed by atoms with van der Waals surface area (Å²) in [5, 5.41) is 11.1. The number of anilines is 1. The third kappa shape index (κ3) is 3.86. The number of nitrogens with one attached hydrogen (secondary N) is 1. The van der Waals surface area contributed by atoms with E-state index in [4.69, 9.17) is 21.5 Å². The van der Waals surface area contributed by atoms with E-state index in [0.717, 1.165) is 70.1 Å². The van der Waals surface area contributed by atoms with Crippen molar-refractivity contribution in [3.63, 3.8) is 0 Å². The molecule has 0 radical (unpaired) electrons. The van der Waals surface area contributed by atoms with Crippen LogP contribution in [-0.2, 0) is 27.3 Å². The monoisotopic (exact) mass is 524 g/mol. The van der Waals surface area contributed by atoms with Gasteiger partial charge in [-0.25, -0.2) is 0 Å². The fourth-order valence-electron chi connectivity index (χ4n) is 5.64. The quantitative estimate of drug-likeness (QED) is 0.397. The van der Waals surface area contributed by atoms with Gasteiger partial charge in [-0.05, 0) is 49.1 Å². The molecule has 2 atom stereocenters. The topological polar surface area (TPSA) is 103 Å². The van der Waals surface area contributed by atoms with Gasteiger partial charge >= 0.3 is 0 Å². The summed E-state index contributed by atoms with van der Waals surface area (Å²) >= 11 is 8.23. The Morgan fingerprint density at radius 2 is 1.92 bits per heavy atom. The molecule has 2 aromatic heterocycles. The number of thiophene rings is 1. The van der Waals surface area contributed by atoms with Gasteiger partial charge < -0.3 is 15.3 Å². The first kappa shape index (κ1) is 23.4. The SMILES string of the molecule is O=C1C2CC2C(=O)N1Cc1cc2nccc(-c3cc(Cl)cc4c3N(C3CNC3)CCC4)c2s1.O=CO. The standard InChI is InChI=1S/C25H23ClN4O2S.CH2O2/c26-14-6-13-2-1-5-29(15-10-27-11-15)22(13)18(7-14)17-3-4-28-21-8-16(33-23(17)21)12-30-24(31)19-9-20(19)25(30)32;2-1-3/h3-4,6-8,15,19-20,27H,1-2,5,9-12H2;1H,(H,2,3). The summed E-state index contributed by atoms with van der Waals surface area (Å²) in [5.74, 6) is -0.148. The Morgan fingerprint density at radius 3 is 2.61 bits per heavy atom. The van der Waals surface area contributed by atoms with Crippen molar-refractivity contribution in [2.45, 2.75) is 31.8 Å². The average Bonchev–Trinajstić information content (AvgIpc) is 3.46. The highest BCUT2D eigenvalue weighted by Gasteiger charge is 2.58. The van der Waals surface area contributed by atoms with E-state index in [2.05, 4.69) is 33.4 Å². The van der Waals surface area contributed by atoms with Gasteiger partial charge in [-0.1, -0.05) is 11.6 Å². The maximum atomic E-state index is 12.5. The van der Waals surface area contributed by atoms with Gasteiger partial charge in [0.05, 0.1) is 34.6 Å². The van der Waals surface area contributed by atoms with E-state index >= 15 is 0 Å². The Balaban J connectivity index is 0.000000765. The van der Waals surface area contributed by atoms with Gasteiger partial charge in [0.2, 0.25) is 11.8 Å². The van der Waals surface area contributed by atoms with Crippen molar-refractivity contribution in [2.24, 2.45) is 11.8 Å². The first-order valence-electron chi connectivity index (χ1n) is 12.1. The van der Waals surface area contributed by atoms with Crippen LogP contribution in [0.5, 0.6) is 0 Å². The summed E-state index contributed by atoms with van der Waals surface area (Å²) in [7, 11) is 0. The minimum absolute atomic E-state index is 0.00991. The predicted octanol–water partition coefficient (Wildman–Crippen LogP) is 3.55. The van der Waals surface area contributed by atoms with E-state index in [9.17, 15) is 9.59 Å². The smallest absolute Gasteiger partial charge is 0.290 e. The number of nitrogens with zero attached hydrogens (tertiary/aromatic N) is 3. The fraction of sp³-hybridized carbons (Fsp3) is 0.385. The normalized spacial score (nSPS) is 22.6. The Kier molecular flexibility index (Phi) is 5.94. The number of fused-ring (bicyclic) bond motifs is 3. The molecule has 2 N–H and O–H groups in total. The summed E-state index contributed by atoms with van der Waals surface area (Å²) in [6.45, 7) is 3.17. The molecular weight excluding hydrogens is 500 g/mol. The number of halogens is 1. The molecule has 2 saturated heterocycles. The zero-order valence-electron chi connectivity index (χ0n) is 19.4. The molecule has 5 heterocycles. The highest BCUT2D eigenvalue weighted by molar-refractivity contribution is 7.19. The zero-order chi connectivity index (χ0) is 25.0. The van der Waals surface area contributed by atoms with Crippen molar-refractivity contribution in [1.29, 1.82) is 0 Å². The number of pyridine rings is 1. The Bertz CT molecular complexity index is 1370. The van der Waals surface area contributed by atoms with Crippen molar-refractivity contribution < 1.29 is 19.5 Å². The zero-order valence-corrected chi connectivity index (χ0v) is 21.0. The van der Waals surface area contributed by atoms with Gasteiger partial charge in [0, 0.05) is 52.5 Å². The summed E-state index contributed by atoms with van der Waals surface area (Å²) in [6.07, 6.45) is 4.75. The van der Waals surface area contributed by atoms with Gasteiger partial charge in [0.15, 0.2) is 0 Å². The van der Waals surface area contributed by atoms with E-state index in [1.165, 1.54) is 16.2 Å². The van der Waals surface area contributed by atoms with Crippen LogP contribution in [0.25, 0.3) is 21.3 Å². The number of hydrogen-bond acceptors (Lipinski definition) is 7. The van der Waals surface area contributed by atoms with Crippen molar-refractivity contribution in [3.05, 3.63) is 45.9 Å². The van der Waals surface area contributed by atoms with E-state index in [0.29, 0.717) is 12.6 Å².